The van der Waals surface area contributed by atoms with E-state index in [0.29, 0.717) is 17.0 Å². The number of rotatable bonds is 2. The SMILES string of the molecule is Clc1nc(Nc2cnc3ccccc3c2)c2[nH]cnc2n1. The summed E-state index contributed by atoms with van der Waals surface area (Å²) in [5.41, 5.74) is 2.98. The summed E-state index contributed by atoms with van der Waals surface area (Å²) in [6.07, 6.45) is 3.31. The fraction of sp³-hybridized carbons (Fsp3) is 0. The van der Waals surface area contributed by atoms with E-state index in [-0.39, 0.29) is 5.28 Å². The van der Waals surface area contributed by atoms with Gasteiger partial charge in [0.1, 0.15) is 5.52 Å². The zero-order valence-electron chi connectivity index (χ0n) is 10.7. The molecular weight excluding hydrogens is 288 g/mol. The summed E-state index contributed by atoms with van der Waals surface area (Å²) < 4.78 is 0. The number of nitrogens with one attached hydrogen (secondary N) is 2. The van der Waals surface area contributed by atoms with E-state index in [1.165, 1.54) is 0 Å². The summed E-state index contributed by atoms with van der Waals surface area (Å²) in [5.74, 6) is 0.569. The number of imidazole rings is 1. The topological polar surface area (TPSA) is 79.4 Å². The van der Waals surface area contributed by atoms with E-state index in [2.05, 4.69) is 30.2 Å². The van der Waals surface area contributed by atoms with Gasteiger partial charge in [0.05, 0.1) is 23.7 Å². The number of halogens is 1. The quantitative estimate of drug-likeness (QED) is 0.555. The first-order valence-corrected chi connectivity index (χ1v) is 6.66. The van der Waals surface area contributed by atoms with Gasteiger partial charge in [0.2, 0.25) is 5.28 Å². The molecule has 0 amide bonds. The minimum absolute atomic E-state index is 0.144. The van der Waals surface area contributed by atoms with E-state index >= 15 is 0 Å². The summed E-state index contributed by atoms with van der Waals surface area (Å²) in [6.45, 7) is 0. The molecular formula is C14H9ClN6. The fourth-order valence-corrected chi connectivity index (χ4v) is 2.34. The largest absolute Gasteiger partial charge is 0.340 e. The molecule has 0 saturated carbocycles. The van der Waals surface area contributed by atoms with Crippen LogP contribution in [0.2, 0.25) is 5.28 Å². The number of aromatic amines is 1. The molecule has 0 aliphatic rings. The number of hydrogen-bond donors (Lipinski definition) is 2. The lowest BCUT2D eigenvalue weighted by Gasteiger charge is -2.07. The van der Waals surface area contributed by atoms with E-state index in [1.54, 1.807) is 12.5 Å². The van der Waals surface area contributed by atoms with Crippen molar-refractivity contribution in [3.63, 3.8) is 0 Å². The molecule has 102 valence electrons. The first-order valence-electron chi connectivity index (χ1n) is 6.28. The van der Waals surface area contributed by atoms with Gasteiger partial charge >= 0.3 is 0 Å². The number of hydrogen-bond acceptors (Lipinski definition) is 5. The minimum Gasteiger partial charge on any atom is -0.340 e. The van der Waals surface area contributed by atoms with Crippen LogP contribution in [0.3, 0.4) is 0 Å². The molecule has 0 unspecified atom stereocenters. The Bertz CT molecular complexity index is 948. The van der Waals surface area contributed by atoms with Crippen molar-refractivity contribution < 1.29 is 0 Å². The zero-order chi connectivity index (χ0) is 14.2. The lowest BCUT2D eigenvalue weighted by atomic mass is 10.2. The van der Waals surface area contributed by atoms with Crippen molar-refractivity contribution in [3.8, 4) is 0 Å². The van der Waals surface area contributed by atoms with Gasteiger partial charge in [-0.2, -0.15) is 9.97 Å². The Kier molecular flexibility index (Phi) is 2.68. The van der Waals surface area contributed by atoms with Crippen molar-refractivity contribution in [2.75, 3.05) is 5.32 Å². The predicted molar refractivity (Wildman–Crippen MR) is 81.7 cm³/mol. The average Bonchev–Trinajstić information content (AvgIpc) is 2.95. The number of para-hydroxylation sites is 1. The van der Waals surface area contributed by atoms with E-state index in [1.807, 2.05) is 30.3 Å². The average molecular weight is 297 g/mol. The third-order valence-corrected chi connectivity index (χ3v) is 3.28. The fourth-order valence-electron chi connectivity index (χ4n) is 2.17. The Morgan fingerprint density at radius 1 is 1.10 bits per heavy atom. The molecule has 3 aromatic heterocycles. The Morgan fingerprint density at radius 3 is 2.95 bits per heavy atom. The van der Waals surface area contributed by atoms with Crippen molar-refractivity contribution in [2.45, 2.75) is 0 Å². The predicted octanol–water partition coefficient (Wildman–Crippen LogP) is 3.30. The van der Waals surface area contributed by atoms with Gasteiger partial charge in [-0.3, -0.25) is 4.98 Å². The van der Waals surface area contributed by atoms with Gasteiger partial charge in [-0.1, -0.05) is 18.2 Å². The Balaban J connectivity index is 1.80. The maximum atomic E-state index is 5.91. The number of benzene rings is 1. The lowest BCUT2D eigenvalue weighted by Crippen LogP contribution is -1.97. The molecule has 0 bridgehead atoms. The molecule has 0 aliphatic carbocycles. The van der Waals surface area contributed by atoms with Crippen molar-refractivity contribution in [3.05, 3.63) is 48.1 Å². The van der Waals surface area contributed by atoms with Crippen LogP contribution in [0.1, 0.15) is 0 Å². The molecule has 7 heteroatoms. The van der Waals surface area contributed by atoms with Gasteiger partial charge in [0.25, 0.3) is 0 Å². The molecule has 4 rings (SSSR count). The molecule has 0 saturated heterocycles. The van der Waals surface area contributed by atoms with Crippen molar-refractivity contribution in [1.29, 1.82) is 0 Å². The van der Waals surface area contributed by atoms with Crippen LogP contribution >= 0.6 is 11.6 Å². The number of fused-ring (bicyclic) bond motifs is 2. The molecule has 2 N–H and O–H groups in total. The molecule has 0 atom stereocenters. The second-order valence-electron chi connectivity index (χ2n) is 4.48. The first-order chi connectivity index (χ1) is 10.3. The third kappa shape index (κ3) is 2.15. The Hall–Kier alpha value is -2.73. The summed E-state index contributed by atoms with van der Waals surface area (Å²) in [5, 5.41) is 4.39. The van der Waals surface area contributed by atoms with Crippen molar-refractivity contribution in [1.82, 2.24) is 24.9 Å². The van der Waals surface area contributed by atoms with Crippen molar-refractivity contribution >= 4 is 45.2 Å². The molecule has 1 aromatic carbocycles. The minimum atomic E-state index is 0.144. The number of pyridine rings is 1. The normalized spacial score (nSPS) is 11.1. The Morgan fingerprint density at radius 2 is 2.00 bits per heavy atom. The van der Waals surface area contributed by atoms with Crippen LogP contribution in [0.25, 0.3) is 22.1 Å². The smallest absolute Gasteiger partial charge is 0.226 e. The van der Waals surface area contributed by atoms with Crippen LogP contribution in [-0.4, -0.2) is 24.9 Å². The third-order valence-electron chi connectivity index (χ3n) is 3.11. The van der Waals surface area contributed by atoms with E-state index < -0.39 is 0 Å². The van der Waals surface area contributed by atoms with Gasteiger partial charge in [-0.15, -0.1) is 0 Å². The standard InChI is InChI=1S/C14H9ClN6/c15-14-20-12-11(17-7-18-12)13(21-14)19-9-5-8-3-1-2-4-10(8)16-6-9/h1-7H,(H2,17,18,19,20,21). The van der Waals surface area contributed by atoms with Crippen LogP contribution in [0.5, 0.6) is 0 Å². The maximum absolute atomic E-state index is 5.91. The van der Waals surface area contributed by atoms with Gasteiger partial charge in [-0.25, -0.2) is 4.98 Å². The second kappa shape index (κ2) is 4.68. The Labute approximate surface area is 124 Å². The van der Waals surface area contributed by atoms with Crippen LogP contribution < -0.4 is 5.32 Å². The van der Waals surface area contributed by atoms with Crippen LogP contribution in [0.4, 0.5) is 11.5 Å². The van der Waals surface area contributed by atoms with Crippen LogP contribution in [-0.2, 0) is 0 Å². The second-order valence-corrected chi connectivity index (χ2v) is 4.82. The van der Waals surface area contributed by atoms with Gasteiger partial charge in [0.15, 0.2) is 11.5 Å². The number of anilines is 2. The highest BCUT2D eigenvalue weighted by molar-refractivity contribution is 6.28. The number of aromatic nitrogens is 5. The molecule has 0 spiro atoms. The molecule has 0 aliphatic heterocycles. The summed E-state index contributed by atoms with van der Waals surface area (Å²) in [4.78, 5) is 19.7. The van der Waals surface area contributed by atoms with Gasteiger partial charge in [0, 0.05) is 5.39 Å². The number of nitrogens with zero attached hydrogens (tertiary/aromatic N) is 4. The maximum Gasteiger partial charge on any atom is 0.226 e. The zero-order valence-corrected chi connectivity index (χ0v) is 11.5. The molecule has 3 heterocycles. The first kappa shape index (κ1) is 12.0. The number of H-pyrrole nitrogens is 1. The highest BCUT2D eigenvalue weighted by atomic mass is 35.5. The summed E-state index contributed by atoms with van der Waals surface area (Å²) >= 11 is 5.91. The highest BCUT2D eigenvalue weighted by Crippen LogP contribution is 2.24. The van der Waals surface area contributed by atoms with Crippen LogP contribution in [0, 0.1) is 0 Å². The molecule has 21 heavy (non-hydrogen) atoms. The van der Waals surface area contributed by atoms with Gasteiger partial charge < -0.3 is 10.3 Å². The van der Waals surface area contributed by atoms with Crippen LogP contribution in [0.15, 0.2) is 42.9 Å². The lowest BCUT2D eigenvalue weighted by molar-refractivity contribution is 1.20. The van der Waals surface area contributed by atoms with E-state index in [0.717, 1.165) is 16.6 Å². The molecule has 4 aromatic rings. The molecule has 0 fully saturated rings. The van der Waals surface area contributed by atoms with Gasteiger partial charge in [-0.05, 0) is 23.7 Å². The molecule has 6 nitrogen and oxygen atoms in total. The van der Waals surface area contributed by atoms with Crippen molar-refractivity contribution in [2.24, 2.45) is 0 Å². The summed E-state index contributed by atoms with van der Waals surface area (Å²) in [6, 6.07) is 9.91. The highest BCUT2D eigenvalue weighted by Gasteiger charge is 2.09. The monoisotopic (exact) mass is 296 g/mol. The van der Waals surface area contributed by atoms with E-state index in [4.69, 9.17) is 11.6 Å². The molecule has 0 radical (unpaired) electrons. The van der Waals surface area contributed by atoms with E-state index in [9.17, 15) is 0 Å². The summed E-state index contributed by atoms with van der Waals surface area (Å²) in [7, 11) is 0.